The molecular weight excluding hydrogens is 422 g/mol. The molecule has 0 atom stereocenters. The molecule has 0 bridgehead atoms. The first-order valence-corrected chi connectivity index (χ1v) is 11.0. The summed E-state index contributed by atoms with van der Waals surface area (Å²) >= 11 is 0. The number of hydrogen-bond acceptors (Lipinski definition) is 5. The second-order valence-electron chi connectivity index (χ2n) is 8.14. The van der Waals surface area contributed by atoms with Crippen LogP contribution in [0, 0.1) is 0 Å². The van der Waals surface area contributed by atoms with Crippen molar-refractivity contribution in [2.75, 3.05) is 5.32 Å². The molecular formula is C27H21N7. The topological polar surface area (TPSA) is 95.2 Å². The van der Waals surface area contributed by atoms with E-state index >= 15 is 0 Å². The van der Waals surface area contributed by atoms with E-state index in [1.807, 2.05) is 60.8 Å². The minimum atomic E-state index is 0.743. The van der Waals surface area contributed by atoms with Crippen LogP contribution in [0.1, 0.15) is 5.56 Å². The number of H-pyrrole nitrogens is 2. The molecule has 7 nitrogen and oxygen atoms in total. The Hall–Kier alpha value is -4.78. The van der Waals surface area contributed by atoms with Gasteiger partial charge >= 0.3 is 0 Å². The Morgan fingerprint density at radius 1 is 0.941 bits per heavy atom. The second-order valence-corrected chi connectivity index (χ2v) is 8.14. The summed E-state index contributed by atoms with van der Waals surface area (Å²) < 4.78 is 0. The molecule has 0 amide bonds. The summed E-state index contributed by atoms with van der Waals surface area (Å²) in [6, 6.07) is 22.1. The molecule has 0 aliphatic rings. The van der Waals surface area contributed by atoms with E-state index in [0.717, 1.165) is 62.5 Å². The minimum absolute atomic E-state index is 0.743. The van der Waals surface area contributed by atoms with E-state index in [0.29, 0.717) is 0 Å². The predicted octanol–water partition coefficient (Wildman–Crippen LogP) is 5.73. The van der Waals surface area contributed by atoms with Crippen LogP contribution in [0.15, 0.2) is 97.6 Å². The molecule has 0 aliphatic heterocycles. The van der Waals surface area contributed by atoms with Gasteiger partial charge in [-0.25, -0.2) is 4.98 Å². The molecule has 7 heteroatoms. The van der Waals surface area contributed by atoms with Gasteiger partial charge in [-0.05, 0) is 42.0 Å². The maximum Gasteiger partial charge on any atom is 0.135 e. The van der Waals surface area contributed by atoms with E-state index in [2.05, 4.69) is 49.2 Å². The minimum Gasteiger partial charge on any atom is -0.358 e. The van der Waals surface area contributed by atoms with Gasteiger partial charge in [-0.15, -0.1) is 0 Å². The van der Waals surface area contributed by atoms with Crippen molar-refractivity contribution in [1.29, 1.82) is 0 Å². The smallest absolute Gasteiger partial charge is 0.135 e. The number of hydrogen-bond donors (Lipinski definition) is 3. The number of rotatable bonds is 6. The first kappa shape index (κ1) is 19.9. The van der Waals surface area contributed by atoms with Gasteiger partial charge < -0.3 is 10.3 Å². The van der Waals surface area contributed by atoms with Gasteiger partial charge in [-0.2, -0.15) is 5.10 Å². The van der Waals surface area contributed by atoms with Crippen molar-refractivity contribution >= 4 is 27.8 Å². The number of nitrogens with zero attached hydrogens (tertiary/aromatic N) is 4. The monoisotopic (exact) mass is 443 g/mol. The van der Waals surface area contributed by atoms with Crippen molar-refractivity contribution in [1.82, 2.24) is 30.1 Å². The number of benzene rings is 1. The van der Waals surface area contributed by atoms with Crippen LogP contribution in [-0.2, 0) is 6.42 Å². The highest BCUT2D eigenvalue weighted by Gasteiger charge is 2.14. The van der Waals surface area contributed by atoms with Crippen LogP contribution in [0.25, 0.3) is 44.7 Å². The SMILES string of the molecule is C=C(Cc1ccccc1)Nc1cncc(-c2ccc3[nH]nc(-c4cc5ncccc5[nH]4)c3n2)c1. The highest BCUT2D eigenvalue weighted by molar-refractivity contribution is 5.93. The van der Waals surface area contributed by atoms with Crippen LogP contribution < -0.4 is 5.32 Å². The molecule has 0 radical (unpaired) electrons. The highest BCUT2D eigenvalue weighted by Crippen LogP contribution is 2.29. The Morgan fingerprint density at radius 3 is 2.74 bits per heavy atom. The highest BCUT2D eigenvalue weighted by atomic mass is 15.1. The summed E-state index contributed by atoms with van der Waals surface area (Å²) in [5.74, 6) is 0. The van der Waals surface area contributed by atoms with Crippen LogP contribution in [0.2, 0.25) is 0 Å². The van der Waals surface area contributed by atoms with Gasteiger partial charge in [0, 0.05) is 30.1 Å². The standard InChI is InChI=1S/C27H21N7/c1-17(12-18-6-3-2-4-7-18)30-20-13-19(15-28-16-20)21-9-10-23-26(32-21)27(34-33-23)25-14-24-22(31-25)8-5-11-29-24/h2-11,13-16,30-31H,1,12H2,(H,33,34). The van der Waals surface area contributed by atoms with E-state index in [9.17, 15) is 0 Å². The molecule has 0 saturated heterocycles. The lowest BCUT2D eigenvalue weighted by atomic mass is 10.1. The third-order valence-corrected chi connectivity index (χ3v) is 5.67. The fourth-order valence-corrected chi connectivity index (χ4v) is 4.07. The number of nitrogens with one attached hydrogen (secondary N) is 3. The van der Waals surface area contributed by atoms with E-state index < -0.39 is 0 Å². The summed E-state index contributed by atoms with van der Waals surface area (Å²) in [5, 5.41) is 11.0. The summed E-state index contributed by atoms with van der Waals surface area (Å²) in [4.78, 5) is 17.1. The Balaban J connectivity index is 1.30. The number of fused-ring (bicyclic) bond motifs is 2. The Kier molecular flexibility index (Phi) is 4.85. The molecule has 3 N–H and O–H groups in total. The molecule has 164 valence electrons. The maximum absolute atomic E-state index is 4.92. The van der Waals surface area contributed by atoms with Gasteiger partial charge in [-0.1, -0.05) is 36.9 Å². The quantitative estimate of drug-likeness (QED) is 0.305. The zero-order chi connectivity index (χ0) is 22.9. The van der Waals surface area contributed by atoms with Crippen LogP contribution in [0.3, 0.4) is 0 Å². The number of anilines is 1. The van der Waals surface area contributed by atoms with Crippen molar-refractivity contribution in [2.24, 2.45) is 0 Å². The van der Waals surface area contributed by atoms with Crippen molar-refractivity contribution < 1.29 is 0 Å². The second kappa shape index (κ2) is 8.29. The summed E-state index contributed by atoms with van der Waals surface area (Å²) in [7, 11) is 0. The molecule has 0 aliphatic carbocycles. The fourth-order valence-electron chi connectivity index (χ4n) is 4.07. The van der Waals surface area contributed by atoms with Gasteiger partial charge in [0.1, 0.15) is 11.2 Å². The van der Waals surface area contributed by atoms with Crippen molar-refractivity contribution in [3.63, 3.8) is 0 Å². The molecule has 0 spiro atoms. The summed E-state index contributed by atoms with van der Waals surface area (Å²) in [5.41, 5.74) is 9.83. The van der Waals surface area contributed by atoms with Crippen molar-refractivity contribution in [3.05, 3.63) is 103 Å². The molecule has 6 rings (SSSR count). The average Bonchev–Trinajstić information content (AvgIpc) is 3.48. The Morgan fingerprint density at radius 2 is 1.85 bits per heavy atom. The van der Waals surface area contributed by atoms with Gasteiger partial charge in [0.15, 0.2) is 0 Å². The lowest BCUT2D eigenvalue weighted by Gasteiger charge is -2.11. The number of aromatic amines is 2. The van der Waals surface area contributed by atoms with E-state index in [1.54, 1.807) is 12.4 Å². The molecule has 5 aromatic heterocycles. The zero-order valence-corrected chi connectivity index (χ0v) is 18.3. The lowest BCUT2D eigenvalue weighted by molar-refractivity contribution is 1.12. The first-order chi connectivity index (χ1) is 16.7. The van der Waals surface area contributed by atoms with Crippen LogP contribution in [0.5, 0.6) is 0 Å². The zero-order valence-electron chi connectivity index (χ0n) is 18.3. The first-order valence-electron chi connectivity index (χ1n) is 11.0. The third kappa shape index (κ3) is 3.80. The van der Waals surface area contributed by atoms with Gasteiger partial charge in [0.25, 0.3) is 0 Å². The largest absolute Gasteiger partial charge is 0.358 e. The van der Waals surface area contributed by atoms with Crippen LogP contribution >= 0.6 is 0 Å². The molecule has 0 saturated carbocycles. The molecule has 6 aromatic rings. The molecule has 0 unspecified atom stereocenters. The number of pyridine rings is 3. The molecule has 0 fully saturated rings. The molecule has 34 heavy (non-hydrogen) atoms. The third-order valence-electron chi connectivity index (χ3n) is 5.67. The lowest BCUT2D eigenvalue weighted by Crippen LogP contribution is -2.02. The number of aromatic nitrogens is 6. The van der Waals surface area contributed by atoms with E-state index in [1.165, 1.54) is 5.56 Å². The van der Waals surface area contributed by atoms with Gasteiger partial charge in [0.05, 0.1) is 39.8 Å². The predicted molar refractivity (Wildman–Crippen MR) is 135 cm³/mol. The fraction of sp³-hybridized carbons (Fsp3) is 0.0370. The Labute approximate surface area is 195 Å². The van der Waals surface area contributed by atoms with E-state index in [4.69, 9.17) is 4.98 Å². The number of allylic oxidation sites excluding steroid dienone is 1. The normalized spacial score (nSPS) is 11.2. The summed E-state index contributed by atoms with van der Waals surface area (Å²) in [6.45, 7) is 4.17. The van der Waals surface area contributed by atoms with Crippen molar-refractivity contribution in [2.45, 2.75) is 6.42 Å². The Bertz CT molecular complexity index is 1600. The van der Waals surface area contributed by atoms with Gasteiger partial charge in [0.2, 0.25) is 0 Å². The van der Waals surface area contributed by atoms with Crippen LogP contribution in [0.4, 0.5) is 5.69 Å². The average molecular weight is 444 g/mol. The summed E-state index contributed by atoms with van der Waals surface area (Å²) in [6.07, 6.45) is 6.12. The molecule has 5 heterocycles. The van der Waals surface area contributed by atoms with E-state index in [-0.39, 0.29) is 0 Å². The van der Waals surface area contributed by atoms with Crippen LogP contribution in [-0.4, -0.2) is 30.1 Å². The van der Waals surface area contributed by atoms with Crippen molar-refractivity contribution in [3.8, 4) is 22.6 Å². The van der Waals surface area contributed by atoms with Gasteiger partial charge in [-0.3, -0.25) is 15.1 Å². The molecule has 1 aromatic carbocycles. The maximum atomic E-state index is 4.92.